The van der Waals surface area contributed by atoms with E-state index < -0.39 is 0 Å². The standard InChI is InChI=1S/C11H15NO/c13-11(6-9-3-4-9)7-10-2-1-5-12-8-10/h1-2,5,8-9,11,13H,3-4,6-7H2. The van der Waals surface area contributed by atoms with Crippen LogP contribution >= 0.6 is 0 Å². The molecule has 1 aromatic heterocycles. The third kappa shape index (κ3) is 2.81. The summed E-state index contributed by atoms with van der Waals surface area (Å²) in [5.74, 6) is 0.798. The van der Waals surface area contributed by atoms with Crippen molar-refractivity contribution >= 4 is 0 Å². The van der Waals surface area contributed by atoms with E-state index in [-0.39, 0.29) is 6.10 Å². The van der Waals surface area contributed by atoms with Gasteiger partial charge in [-0.2, -0.15) is 0 Å². The minimum absolute atomic E-state index is 0.170. The highest BCUT2D eigenvalue weighted by Gasteiger charge is 2.24. The largest absolute Gasteiger partial charge is 0.393 e. The van der Waals surface area contributed by atoms with Gasteiger partial charge in [0.15, 0.2) is 0 Å². The summed E-state index contributed by atoms with van der Waals surface area (Å²) in [7, 11) is 0. The highest BCUT2D eigenvalue weighted by atomic mass is 16.3. The number of aromatic nitrogens is 1. The van der Waals surface area contributed by atoms with Crippen molar-refractivity contribution in [1.82, 2.24) is 4.98 Å². The van der Waals surface area contributed by atoms with Gasteiger partial charge in [-0.1, -0.05) is 18.9 Å². The lowest BCUT2D eigenvalue weighted by molar-refractivity contribution is 0.158. The van der Waals surface area contributed by atoms with E-state index in [1.54, 1.807) is 6.20 Å². The summed E-state index contributed by atoms with van der Waals surface area (Å²) in [5.41, 5.74) is 1.13. The number of hydrogen-bond acceptors (Lipinski definition) is 2. The van der Waals surface area contributed by atoms with Gasteiger partial charge in [0.2, 0.25) is 0 Å². The molecule has 1 aliphatic carbocycles. The van der Waals surface area contributed by atoms with Crippen LogP contribution in [0.1, 0.15) is 24.8 Å². The zero-order valence-electron chi connectivity index (χ0n) is 7.69. The lowest BCUT2D eigenvalue weighted by atomic mass is 10.1. The maximum Gasteiger partial charge on any atom is 0.0583 e. The van der Waals surface area contributed by atoms with Gasteiger partial charge in [-0.25, -0.2) is 0 Å². The molecule has 1 fully saturated rings. The summed E-state index contributed by atoms with van der Waals surface area (Å²) in [4.78, 5) is 4.02. The van der Waals surface area contributed by atoms with Gasteiger partial charge in [0, 0.05) is 12.4 Å². The van der Waals surface area contributed by atoms with Crippen molar-refractivity contribution in [3.8, 4) is 0 Å². The predicted octanol–water partition coefficient (Wildman–Crippen LogP) is 1.79. The van der Waals surface area contributed by atoms with Gasteiger partial charge in [0.1, 0.15) is 0 Å². The van der Waals surface area contributed by atoms with Crippen LogP contribution in [-0.4, -0.2) is 16.2 Å². The molecule has 1 unspecified atom stereocenters. The number of nitrogens with zero attached hydrogens (tertiary/aromatic N) is 1. The molecule has 13 heavy (non-hydrogen) atoms. The van der Waals surface area contributed by atoms with E-state index in [9.17, 15) is 5.11 Å². The highest BCUT2D eigenvalue weighted by Crippen LogP contribution is 2.33. The molecule has 1 atom stereocenters. The van der Waals surface area contributed by atoms with Crippen LogP contribution in [0.4, 0.5) is 0 Å². The van der Waals surface area contributed by atoms with Gasteiger partial charge in [0.05, 0.1) is 6.10 Å². The Morgan fingerprint density at radius 3 is 3.00 bits per heavy atom. The molecule has 1 heterocycles. The van der Waals surface area contributed by atoms with Crippen LogP contribution in [0.15, 0.2) is 24.5 Å². The minimum atomic E-state index is -0.170. The number of hydrogen-bond donors (Lipinski definition) is 1. The van der Waals surface area contributed by atoms with E-state index in [4.69, 9.17) is 0 Å². The average molecular weight is 177 g/mol. The first kappa shape index (κ1) is 8.70. The molecular formula is C11H15NO. The molecule has 70 valence electrons. The van der Waals surface area contributed by atoms with Crippen molar-refractivity contribution < 1.29 is 5.11 Å². The van der Waals surface area contributed by atoms with Gasteiger partial charge in [0.25, 0.3) is 0 Å². The second kappa shape index (κ2) is 3.88. The van der Waals surface area contributed by atoms with Crippen molar-refractivity contribution in [3.63, 3.8) is 0 Å². The molecule has 0 radical (unpaired) electrons. The van der Waals surface area contributed by atoms with Gasteiger partial charge in [-0.05, 0) is 30.4 Å². The van der Waals surface area contributed by atoms with Crippen LogP contribution in [-0.2, 0) is 6.42 Å². The van der Waals surface area contributed by atoms with Crippen LogP contribution in [0.3, 0.4) is 0 Å². The van der Waals surface area contributed by atoms with Crippen molar-refractivity contribution in [1.29, 1.82) is 0 Å². The van der Waals surface area contributed by atoms with Crippen LogP contribution in [0.25, 0.3) is 0 Å². The fraction of sp³-hybridized carbons (Fsp3) is 0.545. The summed E-state index contributed by atoms with van der Waals surface area (Å²) >= 11 is 0. The summed E-state index contributed by atoms with van der Waals surface area (Å²) in [6, 6.07) is 3.93. The van der Waals surface area contributed by atoms with E-state index >= 15 is 0 Å². The molecule has 2 rings (SSSR count). The maximum atomic E-state index is 9.69. The molecule has 1 aromatic rings. The van der Waals surface area contributed by atoms with Crippen LogP contribution in [0.5, 0.6) is 0 Å². The lowest BCUT2D eigenvalue weighted by Gasteiger charge is -2.08. The first-order valence-electron chi connectivity index (χ1n) is 4.91. The number of rotatable bonds is 4. The molecule has 2 heteroatoms. The Morgan fingerprint density at radius 2 is 2.38 bits per heavy atom. The van der Waals surface area contributed by atoms with Crippen molar-refractivity contribution in [2.75, 3.05) is 0 Å². The molecule has 0 aliphatic heterocycles. The highest BCUT2D eigenvalue weighted by molar-refractivity contribution is 5.09. The molecule has 0 bridgehead atoms. The Hall–Kier alpha value is -0.890. The molecule has 0 saturated heterocycles. The number of pyridine rings is 1. The lowest BCUT2D eigenvalue weighted by Crippen LogP contribution is -2.11. The molecule has 0 spiro atoms. The Morgan fingerprint density at radius 1 is 1.54 bits per heavy atom. The maximum absolute atomic E-state index is 9.69. The van der Waals surface area contributed by atoms with Crippen LogP contribution in [0, 0.1) is 5.92 Å². The Kier molecular flexibility index (Phi) is 2.60. The molecule has 1 N–H and O–H groups in total. The normalized spacial score (nSPS) is 18.5. The van der Waals surface area contributed by atoms with Gasteiger partial charge in [-0.15, -0.1) is 0 Å². The molecular weight excluding hydrogens is 162 g/mol. The summed E-state index contributed by atoms with van der Waals surface area (Å²) in [6.45, 7) is 0. The summed E-state index contributed by atoms with van der Waals surface area (Å²) < 4.78 is 0. The fourth-order valence-corrected chi connectivity index (χ4v) is 1.61. The topological polar surface area (TPSA) is 33.1 Å². The first-order chi connectivity index (χ1) is 6.34. The van der Waals surface area contributed by atoms with E-state index in [2.05, 4.69) is 4.98 Å². The monoisotopic (exact) mass is 177 g/mol. The molecule has 1 saturated carbocycles. The zero-order chi connectivity index (χ0) is 9.10. The van der Waals surface area contributed by atoms with Crippen LogP contribution in [0.2, 0.25) is 0 Å². The quantitative estimate of drug-likeness (QED) is 0.760. The second-order valence-electron chi connectivity index (χ2n) is 3.90. The minimum Gasteiger partial charge on any atom is -0.393 e. The average Bonchev–Trinajstić information content (AvgIpc) is 2.90. The van der Waals surface area contributed by atoms with E-state index in [1.807, 2.05) is 18.3 Å². The Balaban J connectivity index is 1.82. The Bertz CT molecular complexity index is 256. The number of aliphatic hydroxyl groups excluding tert-OH is 1. The first-order valence-corrected chi connectivity index (χ1v) is 4.91. The predicted molar refractivity (Wildman–Crippen MR) is 51.3 cm³/mol. The molecule has 0 amide bonds. The summed E-state index contributed by atoms with van der Waals surface area (Å²) in [6.07, 6.45) is 7.76. The molecule has 0 aromatic carbocycles. The Labute approximate surface area is 78.6 Å². The summed E-state index contributed by atoms with van der Waals surface area (Å²) in [5, 5.41) is 9.69. The van der Waals surface area contributed by atoms with Gasteiger partial charge < -0.3 is 5.11 Å². The molecule has 1 aliphatic rings. The van der Waals surface area contributed by atoms with Crippen molar-refractivity contribution in [2.45, 2.75) is 31.8 Å². The molecule has 2 nitrogen and oxygen atoms in total. The number of aliphatic hydroxyl groups is 1. The van der Waals surface area contributed by atoms with Gasteiger partial charge >= 0.3 is 0 Å². The van der Waals surface area contributed by atoms with E-state index in [0.717, 1.165) is 24.3 Å². The third-order valence-electron chi connectivity index (χ3n) is 2.50. The van der Waals surface area contributed by atoms with Crippen molar-refractivity contribution in [3.05, 3.63) is 30.1 Å². The van der Waals surface area contributed by atoms with Crippen molar-refractivity contribution in [2.24, 2.45) is 5.92 Å². The zero-order valence-corrected chi connectivity index (χ0v) is 7.69. The second-order valence-corrected chi connectivity index (χ2v) is 3.90. The van der Waals surface area contributed by atoms with E-state index in [1.165, 1.54) is 12.8 Å². The van der Waals surface area contributed by atoms with Crippen LogP contribution < -0.4 is 0 Å². The smallest absolute Gasteiger partial charge is 0.0583 e. The fourth-order valence-electron chi connectivity index (χ4n) is 1.61. The van der Waals surface area contributed by atoms with Gasteiger partial charge in [-0.3, -0.25) is 4.98 Å². The SMILES string of the molecule is OC(Cc1cccnc1)CC1CC1. The third-order valence-corrected chi connectivity index (χ3v) is 2.50. The van der Waals surface area contributed by atoms with E-state index in [0.29, 0.717) is 0 Å².